The molecule has 2 aromatic heterocycles. The molecule has 0 bridgehead atoms. The van der Waals surface area contributed by atoms with Crippen LogP contribution < -0.4 is 11.2 Å². The van der Waals surface area contributed by atoms with E-state index in [2.05, 4.69) is 23.0 Å². The van der Waals surface area contributed by atoms with Gasteiger partial charge in [0.15, 0.2) is 0 Å². The summed E-state index contributed by atoms with van der Waals surface area (Å²) in [6.45, 7) is 2.20. The second-order valence-corrected chi connectivity index (χ2v) is 5.73. The molecule has 4 nitrogen and oxygen atoms in total. The smallest absolute Gasteiger partial charge is 0.313 e. The number of nitrogens with one attached hydrogen (secondary N) is 2. The molecule has 5 heteroatoms. The Labute approximate surface area is 115 Å². The average molecular weight is 278 g/mol. The third-order valence-corrected chi connectivity index (χ3v) is 4.20. The van der Waals surface area contributed by atoms with Crippen LogP contribution in [0.4, 0.5) is 0 Å². The lowest BCUT2D eigenvalue weighted by molar-refractivity contribution is 0.670. The quantitative estimate of drug-likeness (QED) is 0.798. The topological polar surface area (TPSA) is 65.7 Å². The summed E-state index contributed by atoms with van der Waals surface area (Å²) in [4.78, 5) is 29.6. The van der Waals surface area contributed by atoms with E-state index in [0.717, 1.165) is 11.3 Å². The Balaban J connectivity index is 2.08. The highest BCUT2D eigenvalue weighted by molar-refractivity contribution is 7.15. The Morgan fingerprint density at radius 3 is 2.74 bits per heavy atom. The van der Waals surface area contributed by atoms with Gasteiger partial charge in [-0.05, 0) is 25.0 Å². The Bertz CT molecular complexity index is 639. The zero-order valence-corrected chi connectivity index (χ0v) is 11.8. The number of aromatic amines is 2. The summed E-state index contributed by atoms with van der Waals surface area (Å²) in [6.07, 6.45) is 7.50. The van der Waals surface area contributed by atoms with Crippen LogP contribution >= 0.6 is 11.3 Å². The summed E-state index contributed by atoms with van der Waals surface area (Å²) in [5.74, 6) is 0. The molecule has 19 heavy (non-hydrogen) atoms. The van der Waals surface area contributed by atoms with Crippen molar-refractivity contribution in [3.8, 4) is 10.4 Å². The summed E-state index contributed by atoms with van der Waals surface area (Å²) >= 11 is 1.62. The number of unbranched alkanes of at least 4 members (excludes halogenated alkanes) is 3. The van der Waals surface area contributed by atoms with Gasteiger partial charge in [-0.25, -0.2) is 4.79 Å². The summed E-state index contributed by atoms with van der Waals surface area (Å²) < 4.78 is 0. The van der Waals surface area contributed by atoms with Crippen LogP contribution in [0.5, 0.6) is 0 Å². The van der Waals surface area contributed by atoms with Gasteiger partial charge in [-0.3, -0.25) is 9.78 Å². The Hall–Kier alpha value is -1.62. The van der Waals surface area contributed by atoms with Crippen molar-refractivity contribution < 1.29 is 0 Å². The van der Waals surface area contributed by atoms with Crippen LogP contribution in [0.15, 0.2) is 27.9 Å². The van der Waals surface area contributed by atoms with Gasteiger partial charge in [-0.2, -0.15) is 0 Å². The zero-order chi connectivity index (χ0) is 13.7. The summed E-state index contributed by atoms with van der Waals surface area (Å²) in [5, 5.41) is 0. The Morgan fingerprint density at radius 2 is 2.00 bits per heavy atom. The van der Waals surface area contributed by atoms with E-state index in [4.69, 9.17) is 0 Å². The maximum absolute atomic E-state index is 11.7. The van der Waals surface area contributed by atoms with Crippen molar-refractivity contribution >= 4 is 11.3 Å². The van der Waals surface area contributed by atoms with Crippen LogP contribution in [0.3, 0.4) is 0 Å². The molecule has 0 unspecified atom stereocenters. The molecule has 2 heterocycles. The van der Waals surface area contributed by atoms with Gasteiger partial charge >= 0.3 is 5.69 Å². The lowest BCUT2D eigenvalue weighted by Gasteiger charge is -1.97. The van der Waals surface area contributed by atoms with E-state index < -0.39 is 5.69 Å². The largest absolute Gasteiger partial charge is 0.325 e. The minimum atomic E-state index is -0.468. The third kappa shape index (κ3) is 3.67. The molecule has 0 aliphatic carbocycles. The SMILES string of the molecule is CCCCCCc1ccc(-c2c[nH]c(=O)[nH]c2=O)s1. The zero-order valence-electron chi connectivity index (χ0n) is 11.0. The van der Waals surface area contributed by atoms with Gasteiger partial charge in [0, 0.05) is 16.0 Å². The molecule has 0 aliphatic rings. The summed E-state index contributed by atoms with van der Waals surface area (Å²) in [6, 6.07) is 4.01. The van der Waals surface area contributed by atoms with Crippen molar-refractivity contribution in [2.45, 2.75) is 39.0 Å². The van der Waals surface area contributed by atoms with E-state index in [9.17, 15) is 9.59 Å². The molecule has 0 saturated carbocycles. The average Bonchev–Trinajstić information content (AvgIpc) is 2.83. The number of hydrogen-bond donors (Lipinski definition) is 2. The van der Waals surface area contributed by atoms with E-state index in [0.29, 0.717) is 5.56 Å². The number of aromatic nitrogens is 2. The van der Waals surface area contributed by atoms with Crippen LogP contribution in [0.1, 0.15) is 37.5 Å². The van der Waals surface area contributed by atoms with Gasteiger partial charge in [0.1, 0.15) is 0 Å². The van der Waals surface area contributed by atoms with E-state index in [1.807, 2.05) is 6.07 Å². The first kappa shape index (κ1) is 13.8. The molecule has 0 aliphatic heterocycles. The first-order valence-corrected chi connectivity index (χ1v) is 7.43. The molecular weight excluding hydrogens is 260 g/mol. The van der Waals surface area contributed by atoms with Crippen molar-refractivity contribution in [3.05, 3.63) is 44.0 Å². The van der Waals surface area contributed by atoms with Gasteiger partial charge in [0.05, 0.1) is 5.56 Å². The van der Waals surface area contributed by atoms with Crippen molar-refractivity contribution in [2.75, 3.05) is 0 Å². The highest BCUT2D eigenvalue weighted by Gasteiger charge is 2.07. The molecule has 2 N–H and O–H groups in total. The predicted molar refractivity (Wildman–Crippen MR) is 78.8 cm³/mol. The van der Waals surface area contributed by atoms with Crippen molar-refractivity contribution in [1.29, 1.82) is 0 Å². The maximum atomic E-state index is 11.7. The minimum Gasteiger partial charge on any atom is -0.313 e. The van der Waals surface area contributed by atoms with Crippen LogP contribution in [0, 0.1) is 0 Å². The van der Waals surface area contributed by atoms with Crippen LogP contribution in [-0.4, -0.2) is 9.97 Å². The van der Waals surface area contributed by atoms with Crippen LogP contribution in [0.2, 0.25) is 0 Å². The molecule has 2 aromatic rings. The molecule has 0 saturated heterocycles. The first-order chi connectivity index (χ1) is 9.20. The number of rotatable bonds is 6. The van der Waals surface area contributed by atoms with Crippen molar-refractivity contribution in [3.63, 3.8) is 0 Å². The molecule has 0 spiro atoms. The van der Waals surface area contributed by atoms with Gasteiger partial charge in [-0.1, -0.05) is 26.2 Å². The fraction of sp³-hybridized carbons (Fsp3) is 0.429. The number of hydrogen-bond acceptors (Lipinski definition) is 3. The van der Waals surface area contributed by atoms with E-state index in [-0.39, 0.29) is 5.56 Å². The molecule has 0 radical (unpaired) electrons. The number of aryl methyl sites for hydroxylation is 1. The van der Waals surface area contributed by atoms with Gasteiger partial charge in [0.25, 0.3) is 5.56 Å². The first-order valence-electron chi connectivity index (χ1n) is 6.62. The molecule has 102 valence electrons. The van der Waals surface area contributed by atoms with Crippen molar-refractivity contribution in [1.82, 2.24) is 9.97 Å². The molecule has 0 aromatic carbocycles. The van der Waals surface area contributed by atoms with E-state index in [1.54, 1.807) is 11.3 Å². The monoisotopic (exact) mass is 278 g/mol. The molecule has 0 amide bonds. The summed E-state index contributed by atoms with van der Waals surface area (Å²) in [5.41, 5.74) is -0.266. The maximum Gasteiger partial charge on any atom is 0.325 e. The lowest BCUT2D eigenvalue weighted by atomic mass is 10.1. The standard InChI is InChI=1S/C14H18N2O2S/c1-2-3-4-5-6-10-7-8-12(19-10)11-9-15-14(18)16-13(11)17/h7-9H,2-6H2,1H3,(H2,15,16,17,18). The predicted octanol–water partition coefficient (Wildman–Crippen LogP) is 2.91. The van der Waals surface area contributed by atoms with Gasteiger partial charge < -0.3 is 4.98 Å². The fourth-order valence-electron chi connectivity index (χ4n) is 1.98. The molecule has 0 fully saturated rings. The highest BCUT2D eigenvalue weighted by atomic mass is 32.1. The lowest BCUT2D eigenvalue weighted by Crippen LogP contribution is -2.22. The summed E-state index contributed by atoms with van der Waals surface area (Å²) in [7, 11) is 0. The number of H-pyrrole nitrogens is 2. The van der Waals surface area contributed by atoms with Crippen LogP contribution in [-0.2, 0) is 6.42 Å². The van der Waals surface area contributed by atoms with Gasteiger partial charge in [-0.15, -0.1) is 11.3 Å². The Morgan fingerprint density at radius 1 is 1.16 bits per heavy atom. The van der Waals surface area contributed by atoms with Crippen molar-refractivity contribution in [2.24, 2.45) is 0 Å². The second-order valence-electron chi connectivity index (χ2n) is 4.56. The molecule has 2 rings (SSSR count). The second kappa shape index (κ2) is 6.52. The fourth-order valence-corrected chi connectivity index (χ4v) is 3.04. The number of thiophene rings is 1. The molecular formula is C14H18N2O2S. The van der Waals surface area contributed by atoms with Gasteiger partial charge in [0.2, 0.25) is 0 Å². The third-order valence-electron chi connectivity index (χ3n) is 3.02. The molecule has 0 atom stereocenters. The highest BCUT2D eigenvalue weighted by Crippen LogP contribution is 2.26. The van der Waals surface area contributed by atoms with Crippen LogP contribution in [0.25, 0.3) is 10.4 Å². The Kier molecular flexibility index (Phi) is 4.74. The van der Waals surface area contributed by atoms with E-state index in [1.165, 1.54) is 36.8 Å². The minimum absolute atomic E-state index is 0.330. The van der Waals surface area contributed by atoms with E-state index >= 15 is 0 Å². The normalized spacial score (nSPS) is 10.8.